The van der Waals surface area contributed by atoms with Gasteiger partial charge in [-0.25, -0.2) is 14.3 Å². The summed E-state index contributed by atoms with van der Waals surface area (Å²) in [5.41, 5.74) is 2.79. The zero-order valence-corrected chi connectivity index (χ0v) is 15.0. The topological polar surface area (TPSA) is 113 Å². The molecule has 0 aliphatic rings. The van der Waals surface area contributed by atoms with Gasteiger partial charge in [-0.15, -0.1) is 11.7 Å². The van der Waals surface area contributed by atoms with Crippen LogP contribution in [0.3, 0.4) is 0 Å². The van der Waals surface area contributed by atoms with Gasteiger partial charge in [0, 0.05) is 29.3 Å². The number of fused-ring (bicyclic) bond motifs is 1. The second kappa shape index (κ2) is 7.65. The molecule has 0 radical (unpaired) electrons. The lowest BCUT2D eigenvalue weighted by Crippen LogP contribution is -2.28. The summed E-state index contributed by atoms with van der Waals surface area (Å²) >= 11 is 0. The van der Waals surface area contributed by atoms with Gasteiger partial charge in [-0.05, 0) is 44.2 Å². The smallest absolute Gasteiger partial charge is 0.319 e. The quantitative estimate of drug-likeness (QED) is 0.601. The van der Waals surface area contributed by atoms with Gasteiger partial charge in [0.1, 0.15) is 0 Å². The molecule has 3 rings (SSSR count). The second-order valence-electron chi connectivity index (χ2n) is 5.84. The number of hydrogen-bond acceptors (Lipinski definition) is 5. The standard InChI is InChI=1S/C18H19N7O2/c1-4-9-19-18(27)22-14-7-5-13(6-8-14)21-16(26)15-23-17-20-11(2)10-12(3)25(17)24-15/h4-8,10H,1,9H2,2-3H3,(H,21,26)(H2,19,22,27). The van der Waals surface area contributed by atoms with Crippen LogP contribution < -0.4 is 16.0 Å². The first-order valence-corrected chi connectivity index (χ1v) is 8.24. The maximum Gasteiger partial charge on any atom is 0.319 e. The molecule has 3 N–H and O–H groups in total. The lowest BCUT2D eigenvalue weighted by atomic mass is 10.3. The number of urea groups is 1. The molecular weight excluding hydrogens is 346 g/mol. The molecule has 0 bridgehead atoms. The Kier molecular flexibility index (Phi) is 5.11. The Morgan fingerprint density at radius 3 is 2.44 bits per heavy atom. The van der Waals surface area contributed by atoms with Crippen molar-refractivity contribution in [3.8, 4) is 0 Å². The van der Waals surface area contributed by atoms with Crippen LogP contribution in [-0.2, 0) is 0 Å². The Labute approximate surface area is 155 Å². The van der Waals surface area contributed by atoms with Crippen molar-refractivity contribution in [3.05, 3.63) is 60.2 Å². The van der Waals surface area contributed by atoms with Gasteiger partial charge >= 0.3 is 6.03 Å². The zero-order valence-electron chi connectivity index (χ0n) is 15.0. The molecule has 2 aromatic heterocycles. The van der Waals surface area contributed by atoms with Gasteiger partial charge in [-0.2, -0.15) is 4.98 Å². The zero-order chi connectivity index (χ0) is 19.4. The number of aryl methyl sites for hydroxylation is 2. The molecule has 27 heavy (non-hydrogen) atoms. The van der Waals surface area contributed by atoms with Crippen molar-refractivity contribution in [3.63, 3.8) is 0 Å². The van der Waals surface area contributed by atoms with Crippen LogP contribution >= 0.6 is 0 Å². The average Bonchev–Trinajstić information content (AvgIpc) is 3.06. The van der Waals surface area contributed by atoms with Crippen LogP contribution in [0.15, 0.2) is 43.0 Å². The highest BCUT2D eigenvalue weighted by Gasteiger charge is 2.15. The molecule has 2 heterocycles. The van der Waals surface area contributed by atoms with E-state index < -0.39 is 5.91 Å². The van der Waals surface area contributed by atoms with Crippen molar-refractivity contribution in [1.82, 2.24) is 24.9 Å². The van der Waals surface area contributed by atoms with E-state index in [4.69, 9.17) is 0 Å². The molecule has 0 aliphatic heterocycles. The van der Waals surface area contributed by atoms with E-state index in [-0.39, 0.29) is 11.9 Å². The van der Waals surface area contributed by atoms with Crippen molar-refractivity contribution in [2.45, 2.75) is 13.8 Å². The molecule has 138 valence electrons. The molecule has 3 aromatic rings. The molecule has 3 amide bonds. The first-order chi connectivity index (χ1) is 13.0. The number of amides is 3. The molecule has 0 atom stereocenters. The highest BCUT2D eigenvalue weighted by molar-refractivity contribution is 6.02. The van der Waals surface area contributed by atoms with Crippen molar-refractivity contribution in [1.29, 1.82) is 0 Å². The minimum Gasteiger partial charge on any atom is -0.334 e. The minimum atomic E-state index is -0.443. The van der Waals surface area contributed by atoms with Crippen LogP contribution in [0.1, 0.15) is 22.0 Å². The lowest BCUT2D eigenvalue weighted by Gasteiger charge is -2.07. The molecule has 0 aliphatic carbocycles. The average molecular weight is 365 g/mol. The summed E-state index contributed by atoms with van der Waals surface area (Å²) in [6, 6.07) is 8.22. The fraction of sp³-hybridized carbons (Fsp3) is 0.167. The van der Waals surface area contributed by atoms with Crippen molar-refractivity contribution < 1.29 is 9.59 Å². The minimum absolute atomic E-state index is 0.0298. The molecule has 1 aromatic carbocycles. The normalized spacial score (nSPS) is 10.4. The maximum atomic E-state index is 12.4. The van der Waals surface area contributed by atoms with E-state index >= 15 is 0 Å². The molecule has 0 saturated heterocycles. The monoisotopic (exact) mass is 365 g/mol. The van der Waals surface area contributed by atoms with E-state index in [9.17, 15) is 9.59 Å². The summed E-state index contributed by atoms with van der Waals surface area (Å²) < 4.78 is 1.52. The molecule has 0 unspecified atom stereocenters. The van der Waals surface area contributed by atoms with Crippen LogP contribution in [0.25, 0.3) is 5.78 Å². The van der Waals surface area contributed by atoms with Gasteiger partial charge in [-0.1, -0.05) is 6.08 Å². The van der Waals surface area contributed by atoms with Crippen molar-refractivity contribution in [2.75, 3.05) is 17.2 Å². The van der Waals surface area contributed by atoms with Gasteiger partial charge in [-0.3, -0.25) is 4.79 Å². The number of hydrogen-bond donors (Lipinski definition) is 3. The number of nitrogens with one attached hydrogen (secondary N) is 3. The van der Waals surface area contributed by atoms with E-state index in [0.29, 0.717) is 23.7 Å². The fourth-order valence-corrected chi connectivity index (χ4v) is 2.43. The number of carbonyl (C=O) groups is 2. The third-order valence-electron chi connectivity index (χ3n) is 3.63. The van der Waals surface area contributed by atoms with Gasteiger partial charge in [0.2, 0.25) is 5.82 Å². The summed E-state index contributed by atoms with van der Waals surface area (Å²) in [5.74, 6) is -0.0353. The van der Waals surface area contributed by atoms with E-state index in [1.54, 1.807) is 30.3 Å². The molecule has 0 saturated carbocycles. The molecular formula is C18H19N7O2. The van der Waals surface area contributed by atoms with Crippen LogP contribution in [-0.4, -0.2) is 38.1 Å². The van der Waals surface area contributed by atoms with Crippen molar-refractivity contribution >= 4 is 29.1 Å². The SMILES string of the molecule is C=CCNC(=O)Nc1ccc(NC(=O)c2nc3nc(C)cc(C)n3n2)cc1. The first kappa shape index (κ1) is 18.1. The van der Waals surface area contributed by atoms with E-state index in [2.05, 4.69) is 37.6 Å². The Hall–Kier alpha value is -3.75. The third-order valence-corrected chi connectivity index (χ3v) is 3.63. The summed E-state index contributed by atoms with van der Waals surface area (Å²) in [4.78, 5) is 32.4. The number of nitrogens with zero attached hydrogens (tertiary/aromatic N) is 4. The van der Waals surface area contributed by atoms with Crippen LogP contribution in [0.2, 0.25) is 0 Å². The number of anilines is 2. The Balaban J connectivity index is 1.68. The lowest BCUT2D eigenvalue weighted by molar-refractivity contribution is 0.101. The van der Waals surface area contributed by atoms with Crippen LogP contribution in [0, 0.1) is 13.8 Å². The van der Waals surface area contributed by atoms with E-state index in [1.165, 1.54) is 4.52 Å². The molecule has 9 heteroatoms. The number of rotatable bonds is 5. The highest BCUT2D eigenvalue weighted by atomic mass is 16.2. The molecule has 0 fully saturated rings. The van der Waals surface area contributed by atoms with Gasteiger partial charge in [0.05, 0.1) is 0 Å². The number of benzene rings is 1. The van der Waals surface area contributed by atoms with E-state index in [1.807, 2.05) is 19.9 Å². The Morgan fingerprint density at radius 2 is 1.78 bits per heavy atom. The Bertz CT molecular complexity index is 1010. The third kappa shape index (κ3) is 4.27. The summed E-state index contributed by atoms with van der Waals surface area (Å²) in [6.07, 6.45) is 1.59. The van der Waals surface area contributed by atoms with Crippen LogP contribution in [0.4, 0.5) is 16.2 Å². The fourth-order valence-electron chi connectivity index (χ4n) is 2.43. The largest absolute Gasteiger partial charge is 0.334 e. The number of carbonyl (C=O) groups excluding carboxylic acids is 2. The molecule has 9 nitrogen and oxygen atoms in total. The summed E-state index contributed by atoms with van der Waals surface area (Å²) in [7, 11) is 0. The van der Waals surface area contributed by atoms with Gasteiger partial charge in [0.25, 0.3) is 11.7 Å². The van der Waals surface area contributed by atoms with Gasteiger partial charge < -0.3 is 16.0 Å². The highest BCUT2D eigenvalue weighted by Crippen LogP contribution is 2.14. The summed E-state index contributed by atoms with van der Waals surface area (Å²) in [5, 5.41) is 12.2. The van der Waals surface area contributed by atoms with E-state index in [0.717, 1.165) is 11.4 Å². The predicted molar refractivity (Wildman–Crippen MR) is 102 cm³/mol. The number of aromatic nitrogens is 4. The first-order valence-electron chi connectivity index (χ1n) is 8.24. The van der Waals surface area contributed by atoms with Crippen LogP contribution in [0.5, 0.6) is 0 Å². The predicted octanol–water partition coefficient (Wildman–Crippen LogP) is 2.30. The maximum absolute atomic E-state index is 12.4. The Morgan fingerprint density at radius 1 is 1.11 bits per heavy atom. The second-order valence-corrected chi connectivity index (χ2v) is 5.84. The summed E-state index contributed by atoms with van der Waals surface area (Å²) in [6.45, 7) is 7.63. The van der Waals surface area contributed by atoms with Crippen molar-refractivity contribution in [2.24, 2.45) is 0 Å². The van der Waals surface area contributed by atoms with Gasteiger partial charge in [0.15, 0.2) is 0 Å². The molecule has 0 spiro atoms.